The van der Waals surface area contributed by atoms with Crippen molar-refractivity contribution in [3.8, 4) is 0 Å². The van der Waals surface area contributed by atoms with E-state index in [1.165, 1.54) is 0 Å². The maximum Gasteiger partial charge on any atom is 0.503 e. The van der Waals surface area contributed by atoms with Gasteiger partial charge < -0.3 is 81.7 Å². The third kappa shape index (κ3) is 1830. The quantitative estimate of drug-likeness (QED) is 0.159. The molecule has 0 aliphatic heterocycles. The first-order valence-corrected chi connectivity index (χ1v) is 5.21. The van der Waals surface area contributed by atoms with E-state index in [1.54, 1.807) is 0 Å². The third-order valence-corrected chi connectivity index (χ3v) is 0. The van der Waals surface area contributed by atoms with Crippen molar-refractivity contribution >= 4 is 49.2 Å². The van der Waals surface area contributed by atoms with Crippen LogP contribution in [0.1, 0.15) is 0 Å². The summed E-state index contributed by atoms with van der Waals surface area (Å²) in [5.74, 6) is 0. The van der Waals surface area contributed by atoms with E-state index in [9.17, 15) is 0 Å². The molecule has 0 rings (SSSR count). The Labute approximate surface area is 237 Å². The van der Waals surface area contributed by atoms with Crippen LogP contribution in [0.25, 0.3) is 0 Å². The van der Waals surface area contributed by atoms with Crippen molar-refractivity contribution in [1.82, 2.24) is 0 Å². The molecule has 0 saturated carbocycles. The van der Waals surface area contributed by atoms with Gasteiger partial charge in [0, 0.05) is 68.3 Å². The summed E-state index contributed by atoms with van der Waals surface area (Å²) < 4.78 is 0. The molecule has 0 fully saturated rings. The smallest absolute Gasteiger partial charge is 0.450 e. The molecule has 36 heavy (non-hydrogen) atoms. The SMILES string of the molecule is O=C(O)O.O=C(O)O.O=C(O)O.O=C(O)O.O=C(O)O.O=C(O)O.O=C(O)O.O=C(O)O.[Mn].[Mn].[Mn].[Mn]. The van der Waals surface area contributed by atoms with Crippen molar-refractivity contribution in [2.24, 2.45) is 0 Å². The molecule has 0 saturated heterocycles. The molecule has 0 aliphatic carbocycles. The Balaban J connectivity index is -0.0000000180. The Hall–Kier alpha value is -3.76. The van der Waals surface area contributed by atoms with E-state index < -0.39 is 49.2 Å². The summed E-state index contributed by atoms with van der Waals surface area (Å²) in [6.45, 7) is 0. The van der Waals surface area contributed by atoms with Crippen LogP contribution in [0.2, 0.25) is 0 Å². The Kier molecular flexibility index (Phi) is 149. The van der Waals surface area contributed by atoms with Crippen LogP contribution in [0.5, 0.6) is 0 Å². The Morgan fingerprint density at radius 1 is 0.194 bits per heavy atom. The number of carbonyl (C=O) groups is 8. The molecule has 16 N–H and O–H groups in total. The van der Waals surface area contributed by atoms with Gasteiger partial charge in [-0.15, -0.1) is 0 Å². The topological polar surface area (TPSA) is 460 Å². The van der Waals surface area contributed by atoms with E-state index >= 15 is 0 Å². The molecule has 0 aliphatic rings. The summed E-state index contributed by atoms with van der Waals surface area (Å²) in [5.41, 5.74) is 0. The summed E-state index contributed by atoms with van der Waals surface area (Å²) in [7, 11) is 0. The average molecular weight is 716 g/mol. The summed E-state index contributed by atoms with van der Waals surface area (Å²) in [5, 5.41) is 112. The van der Waals surface area contributed by atoms with E-state index in [2.05, 4.69) is 0 Å². The standard InChI is InChI=1S/8CH2O3.4Mn/c8*2-1(3)4;;;;/h8*(H2,2,3,4);;;;. The van der Waals surface area contributed by atoms with Gasteiger partial charge in [0.05, 0.1) is 0 Å². The number of carboxylic acid groups (broad SMARTS) is 16. The van der Waals surface area contributed by atoms with Gasteiger partial charge >= 0.3 is 49.2 Å². The zero-order valence-corrected chi connectivity index (χ0v) is 20.7. The molecule has 220 valence electrons. The zero-order chi connectivity index (χ0) is 28.6. The van der Waals surface area contributed by atoms with Crippen LogP contribution in [0.3, 0.4) is 0 Å². The fourth-order valence-corrected chi connectivity index (χ4v) is 0. The largest absolute Gasteiger partial charge is 0.503 e. The Morgan fingerprint density at radius 2 is 0.194 bits per heavy atom. The van der Waals surface area contributed by atoms with Gasteiger partial charge in [-0.2, -0.15) is 0 Å². The molecular formula is C8H16Mn4O24. The predicted octanol–water partition coefficient (Wildman–Crippen LogP) is 1.77. The monoisotopic (exact) mass is 716 g/mol. The van der Waals surface area contributed by atoms with Crippen molar-refractivity contribution in [3.63, 3.8) is 0 Å². The fourth-order valence-electron chi connectivity index (χ4n) is 0. The van der Waals surface area contributed by atoms with Gasteiger partial charge in [0.25, 0.3) is 0 Å². The second kappa shape index (κ2) is 69.7. The third-order valence-electron chi connectivity index (χ3n) is 0. The Morgan fingerprint density at radius 3 is 0.194 bits per heavy atom. The second-order valence-corrected chi connectivity index (χ2v) is 2.26. The maximum atomic E-state index is 8.56. The molecule has 0 atom stereocenters. The fraction of sp³-hybridized carbons (Fsp3) is 0. The van der Waals surface area contributed by atoms with E-state index in [0.29, 0.717) is 0 Å². The molecule has 28 heteroatoms. The van der Waals surface area contributed by atoms with E-state index in [0.717, 1.165) is 0 Å². The maximum absolute atomic E-state index is 8.56. The first-order chi connectivity index (χ1) is 13.9. The molecule has 0 spiro atoms. The second-order valence-electron chi connectivity index (χ2n) is 2.26. The van der Waals surface area contributed by atoms with Gasteiger partial charge in [-0.25, -0.2) is 38.4 Å². The molecule has 0 aromatic rings. The molecule has 0 aromatic carbocycles. The van der Waals surface area contributed by atoms with E-state index in [1.807, 2.05) is 0 Å². The number of hydrogen-bond acceptors (Lipinski definition) is 8. The first kappa shape index (κ1) is 76.8. The van der Waals surface area contributed by atoms with Gasteiger partial charge in [0.2, 0.25) is 0 Å². The molecule has 0 amide bonds. The number of rotatable bonds is 0. The van der Waals surface area contributed by atoms with Gasteiger partial charge in [0.1, 0.15) is 0 Å². The summed E-state index contributed by atoms with van der Waals surface area (Å²) in [4.78, 5) is 68.4. The van der Waals surface area contributed by atoms with Crippen molar-refractivity contribution < 1.29 is 188 Å². The van der Waals surface area contributed by atoms with Crippen molar-refractivity contribution in [2.75, 3.05) is 0 Å². The molecule has 0 unspecified atom stereocenters. The molecule has 24 nitrogen and oxygen atoms in total. The van der Waals surface area contributed by atoms with Crippen molar-refractivity contribution in [1.29, 1.82) is 0 Å². The van der Waals surface area contributed by atoms with Crippen molar-refractivity contribution in [2.45, 2.75) is 0 Å². The first-order valence-electron chi connectivity index (χ1n) is 5.21. The summed E-state index contributed by atoms with van der Waals surface area (Å²) in [6, 6.07) is 0. The van der Waals surface area contributed by atoms with Gasteiger partial charge in [-0.1, -0.05) is 0 Å². The van der Waals surface area contributed by atoms with Gasteiger partial charge in [0.15, 0.2) is 0 Å². The average Bonchev–Trinajstić information content (AvgIpc) is 2.30. The van der Waals surface area contributed by atoms with Crippen LogP contribution in [-0.4, -0.2) is 131 Å². The minimum Gasteiger partial charge on any atom is -0.450 e. The minimum absolute atomic E-state index is 0. The van der Waals surface area contributed by atoms with E-state index in [4.69, 9.17) is 120 Å². The molecule has 0 heterocycles. The predicted molar refractivity (Wildman–Crippen MR) is 85.2 cm³/mol. The summed E-state index contributed by atoms with van der Waals surface area (Å²) in [6.07, 6.45) is -14.7. The summed E-state index contributed by atoms with van der Waals surface area (Å²) >= 11 is 0. The normalized spacial score (nSPS) is 5.33. The van der Waals surface area contributed by atoms with Crippen molar-refractivity contribution in [3.05, 3.63) is 0 Å². The minimum atomic E-state index is -1.83. The van der Waals surface area contributed by atoms with Crippen LogP contribution < -0.4 is 0 Å². The van der Waals surface area contributed by atoms with Gasteiger partial charge in [-0.3, -0.25) is 0 Å². The zero-order valence-electron chi connectivity index (χ0n) is 15.9. The van der Waals surface area contributed by atoms with Crippen LogP contribution in [-0.2, 0) is 68.3 Å². The number of hydrogen-bond donors (Lipinski definition) is 16. The van der Waals surface area contributed by atoms with Crippen LogP contribution in [0, 0.1) is 0 Å². The van der Waals surface area contributed by atoms with Crippen LogP contribution >= 0.6 is 0 Å². The van der Waals surface area contributed by atoms with Gasteiger partial charge in [-0.05, 0) is 0 Å². The molecule has 4 radical (unpaired) electrons. The molecular weight excluding hydrogens is 700 g/mol. The molecule has 0 aromatic heterocycles. The molecule has 0 bridgehead atoms. The Bertz CT molecular complexity index is 372. The van der Waals surface area contributed by atoms with E-state index in [-0.39, 0.29) is 68.3 Å². The van der Waals surface area contributed by atoms with Crippen LogP contribution in [0.15, 0.2) is 0 Å². The van der Waals surface area contributed by atoms with Crippen LogP contribution in [0.4, 0.5) is 38.4 Å².